The van der Waals surface area contributed by atoms with Crippen LogP contribution in [-0.2, 0) is 11.4 Å². The Morgan fingerprint density at radius 1 is 1.35 bits per heavy atom. The normalized spacial score (nSPS) is 15.1. The molecule has 0 saturated carbocycles. The maximum Gasteiger partial charge on any atom is 0.136 e. The van der Waals surface area contributed by atoms with E-state index in [9.17, 15) is 4.55 Å². The average Bonchev–Trinajstić information content (AvgIpc) is 2.36. The number of halogens is 2. The van der Waals surface area contributed by atoms with Crippen molar-refractivity contribution in [3.8, 4) is 0 Å². The van der Waals surface area contributed by atoms with E-state index in [1.165, 1.54) is 0 Å². The van der Waals surface area contributed by atoms with Gasteiger partial charge in [-0.15, -0.1) is 16.3 Å². The number of unbranched alkanes of at least 4 members (excludes halogenated alkanes) is 1. The first-order chi connectivity index (χ1) is 9.34. The predicted octanol–water partition coefficient (Wildman–Crippen LogP) is 4.95. The lowest BCUT2D eigenvalue weighted by Gasteiger charge is -2.28. The minimum Gasteiger partial charge on any atom is -0.598 e. The monoisotopic (exact) mass is 379 g/mol. The van der Waals surface area contributed by atoms with Crippen LogP contribution in [0.3, 0.4) is 0 Å². The molecule has 5 heteroatoms. The van der Waals surface area contributed by atoms with E-state index in [2.05, 4.69) is 32.8 Å². The van der Waals surface area contributed by atoms with Gasteiger partial charge in [0.1, 0.15) is 4.75 Å². The maximum absolute atomic E-state index is 12.3. The molecule has 1 aromatic carbocycles. The summed E-state index contributed by atoms with van der Waals surface area (Å²) >= 11 is 8.16. The number of rotatable bonds is 7. The first-order valence-corrected chi connectivity index (χ1v) is 9.32. The van der Waals surface area contributed by atoms with Gasteiger partial charge in [0.05, 0.1) is 6.04 Å². The second-order valence-corrected chi connectivity index (χ2v) is 9.08. The SMILES string of the molecule is CC(C)(C)[S+]([O-])NC(CCCCCl)c1cccc(Br)c1. The zero-order valence-electron chi connectivity index (χ0n) is 12.3. The molecule has 0 heterocycles. The van der Waals surface area contributed by atoms with Crippen molar-refractivity contribution in [1.29, 1.82) is 0 Å². The average molecular weight is 381 g/mol. The van der Waals surface area contributed by atoms with Crippen LogP contribution in [0.1, 0.15) is 51.6 Å². The van der Waals surface area contributed by atoms with Crippen molar-refractivity contribution in [1.82, 2.24) is 4.72 Å². The maximum atomic E-state index is 12.3. The Morgan fingerprint density at radius 3 is 2.60 bits per heavy atom. The van der Waals surface area contributed by atoms with E-state index in [0.29, 0.717) is 5.88 Å². The molecule has 0 bridgehead atoms. The van der Waals surface area contributed by atoms with Crippen molar-refractivity contribution in [2.24, 2.45) is 0 Å². The molecule has 1 aromatic rings. The number of alkyl halides is 1. The zero-order chi connectivity index (χ0) is 15.2. The molecule has 2 nitrogen and oxygen atoms in total. The van der Waals surface area contributed by atoms with E-state index in [1.807, 2.05) is 32.9 Å². The van der Waals surface area contributed by atoms with Gasteiger partial charge in [-0.2, -0.15) is 0 Å². The summed E-state index contributed by atoms with van der Waals surface area (Å²) in [6.45, 7) is 5.94. The number of benzene rings is 1. The minimum atomic E-state index is -1.08. The Kier molecular flexibility index (Phi) is 7.91. The molecule has 0 fully saturated rings. The summed E-state index contributed by atoms with van der Waals surface area (Å²) in [7, 11) is 0. The third-order valence-corrected chi connectivity index (χ3v) is 5.30. The molecule has 0 aliphatic carbocycles. The molecule has 0 spiro atoms. The summed E-state index contributed by atoms with van der Waals surface area (Å²) in [6.07, 6.45) is 2.94. The van der Waals surface area contributed by atoms with Crippen LogP contribution in [0.2, 0.25) is 0 Å². The summed E-state index contributed by atoms with van der Waals surface area (Å²) < 4.78 is 16.4. The van der Waals surface area contributed by atoms with Gasteiger partial charge in [-0.25, -0.2) is 0 Å². The van der Waals surface area contributed by atoms with Gasteiger partial charge in [0.25, 0.3) is 0 Å². The van der Waals surface area contributed by atoms with Gasteiger partial charge in [0, 0.05) is 21.7 Å². The Labute approximate surface area is 139 Å². The predicted molar refractivity (Wildman–Crippen MR) is 92.5 cm³/mol. The third kappa shape index (κ3) is 6.35. The molecule has 0 saturated heterocycles. The van der Waals surface area contributed by atoms with Gasteiger partial charge in [0.2, 0.25) is 0 Å². The molecule has 2 unspecified atom stereocenters. The lowest BCUT2D eigenvalue weighted by molar-refractivity contribution is 0.503. The van der Waals surface area contributed by atoms with Gasteiger partial charge in [-0.1, -0.05) is 34.5 Å². The van der Waals surface area contributed by atoms with Crippen LogP contribution in [0.4, 0.5) is 0 Å². The Balaban J connectivity index is 2.79. The molecule has 0 aliphatic heterocycles. The van der Waals surface area contributed by atoms with Gasteiger partial charge in [-0.3, -0.25) is 0 Å². The van der Waals surface area contributed by atoms with Crippen molar-refractivity contribution >= 4 is 38.9 Å². The zero-order valence-corrected chi connectivity index (χ0v) is 15.4. The van der Waals surface area contributed by atoms with Crippen LogP contribution in [0, 0.1) is 0 Å². The minimum absolute atomic E-state index is 0.0933. The summed E-state index contributed by atoms with van der Waals surface area (Å²) in [5.74, 6) is 0.674. The van der Waals surface area contributed by atoms with E-state index in [-0.39, 0.29) is 10.8 Å². The van der Waals surface area contributed by atoms with Gasteiger partial charge in [0.15, 0.2) is 0 Å². The molecule has 0 aliphatic rings. The van der Waals surface area contributed by atoms with Crippen LogP contribution in [-0.4, -0.2) is 15.2 Å². The van der Waals surface area contributed by atoms with Gasteiger partial charge in [-0.05, 0) is 51.3 Å². The molecule has 1 N–H and O–H groups in total. The van der Waals surface area contributed by atoms with Crippen molar-refractivity contribution in [2.45, 2.75) is 50.8 Å². The number of hydrogen-bond acceptors (Lipinski definition) is 2. The Bertz CT molecular complexity index is 411. The summed E-state index contributed by atoms with van der Waals surface area (Å²) in [4.78, 5) is 0. The van der Waals surface area contributed by atoms with E-state index in [1.54, 1.807) is 0 Å². The van der Waals surface area contributed by atoms with Crippen molar-refractivity contribution in [2.75, 3.05) is 5.88 Å². The first kappa shape index (κ1) is 18.3. The fraction of sp³-hybridized carbons (Fsp3) is 0.600. The standard InChI is InChI=1S/C15H23BrClNOS/c1-15(2,3)20(19)18-14(9-4-5-10-17)12-7-6-8-13(16)11-12/h6-8,11,14,18H,4-5,9-10H2,1-3H3. The highest BCUT2D eigenvalue weighted by Crippen LogP contribution is 2.26. The highest BCUT2D eigenvalue weighted by atomic mass is 79.9. The van der Waals surface area contributed by atoms with E-state index in [4.69, 9.17) is 11.6 Å². The molecule has 0 radical (unpaired) electrons. The number of hydrogen-bond donors (Lipinski definition) is 1. The summed E-state index contributed by atoms with van der Waals surface area (Å²) in [5, 5.41) is 0. The van der Waals surface area contributed by atoms with E-state index < -0.39 is 11.4 Å². The fourth-order valence-corrected chi connectivity index (χ4v) is 3.24. The highest BCUT2D eigenvalue weighted by molar-refractivity contribution is 9.10. The van der Waals surface area contributed by atoms with Gasteiger partial charge >= 0.3 is 0 Å². The van der Waals surface area contributed by atoms with E-state index >= 15 is 0 Å². The lowest BCUT2D eigenvalue weighted by atomic mass is 10.0. The van der Waals surface area contributed by atoms with E-state index in [0.717, 1.165) is 29.3 Å². The second-order valence-electron chi connectivity index (χ2n) is 5.79. The highest BCUT2D eigenvalue weighted by Gasteiger charge is 2.29. The van der Waals surface area contributed by atoms with Gasteiger partial charge < -0.3 is 4.55 Å². The molecule has 2 atom stereocenters. The topological polar surface area (TPSA) is 35.1 Å². The largest absolute Gasteiger partial charge is 0.598 e. The fourth-order valence-electron chi connectivity index (χ4n) is 1.77. The van der Waals surface area contributed by atoms with Crippen LogP contribution < -0.4 is 4.72 Å². The molecular formula is C15H23BrClNOS. The van der Waals surface area contributed by atoms with Crippen LogP contribution in [0.25, 0.3) is 0 Å². The lowest BCUT2D eigenvalue weighted by Crippen LogP contribution is -2.41. The summed E-state index contributed by atoms with van der Waals surface area (Å²) in [5.41, 5.74) is 1.16. The third-order valence-electron chi connectivity index (χ3n) is 2.93. The van der Waals surface area contributed by atoms with Crippen LogP contribution >= 0.6 is 27.5 Å². The molecule has 0 aromatic heterocycles. The Hall–Kier alpha value is 0.260. The quantitative estimate of drug-likeness (QED) is 0.412. The Morgan fingerprint density at radius 2 is 2.05 bits per heavy atom. The van der Waals surface area contributed by atoms with Crippen molar-refractivity contribution < 1.29 is 4.55 Å². The summed E-state index contributed by atoms with van der Waals surface area (Å²) in [6, 6.07) is 8.26. The van der Waals surface area contributed by atoms with Crippen LogP contribution in [0.15, 0.2) is 28.7 Å². The molecule has 20 heavy (non-hydrogen) atoms. The first-order valence-electron chi connectivity index (χ1n) is 6.84. The second kappa shape index (κ2) is 8.64. The van der Waals surface area contributed by atoms with Crippen molar-refractivity contribution in [3.63, 3.8) is 0 Å². The molecule has 1 rings (SSSR count). The smallest absolute Gasteiger partial charge is 0.136 e. The van der Waals surface area contributed by atoms with Crippen LogP contribution in [0.5, 0.6) is 0 Å². The van der Waals surface area contributed by atoms with Crippen molar-refractivity contribution in [3.05, 3.63) is 34.3 Å². The molecule has 114 valence electrons. The molecular weight excluding hydrogens is 358 g/mol. The number of nitrogens with one attached hydrogen (secondary N) is 1. The molecule has 0 amide bonds.